The van der Waals surface area contributed by atoms with Crippen LogP contribution in [0.5, 0.6) is 0 Å². The van der Waals surface area contributed by atoms with Crippen LogP contribution in [0.25, 0.3) is 0 Å². The average molecular weight is 477 g/mol. The lowest BCUT2D eigenvalue weighted by molar-refractivity contribution is -0.133. The highest BCUT2D eigenvalue weighted by molar-refractivity contribution is 7.89. The topological polar surface area (TPSA) is 116 Å². The van der Waals surface area contributed by atoms with Crippen LogP contribution < -0.4 is 10.6 Å². The van der Waals surface area contributed by atoms with Gasteiger partial charge in [-0.05, 0) is 48.9 Å². The number of carbonyl (C=O) groups excluding carboxylic acids is 3. The second-order valence-electron chi connectivity index (χ2n) is 7.62. The Morgan fingerprint density at radius 1 is 1.06 bits per heavy atom. The maximum atomic E-state index is 13.2. The zero-order valence-corrected chi connectivity index (χ0v) is 19.3. The van der Waals surface area contributed by atoms with Crippen molar-refractivity contribution in [1.82, 2.24) is 14.5 Å². The molecule has 1 heterocycles. The van der Waals surface area contributed by atoms with Gasteiger partial charge < -0.3 is 10.6 Å². The number of halogens is 1. The number of nitrogens with one attached hydrogen (secondary N) is 2. The zero-order valence-electron chi connectivity index (χ0n) is 18.5. The van der Waals surface area contributed by atoms with Crippen LogP contribution in [0.2, 0.25) is 0 Å². The summed E-state index contributed by atoms with van der Waals surface area (Å²) in [5.74, 6) is -1.76. The van der Waals surface area contributed by atoms with Crippen LogP contribution in [-0.2, 0) is 25.2 Å². The minimum atomic E-state index is -3.63. The lowest BCUT2D eigenvalue weighted by Crippen LogP contribution is -2.42. The van der Waals surface area contributed by atoms with Crippen LogP contribution in [0.4, 0.5) is 14.9 Å². The van der Waals surface area contributed by atoms with Gasteiger partial charge in [0, 0.05) is 18.8 Å². The summed E-state index contributed by atoms with van der Waals surface area (Å²) in [5.41, 5.74) is -0.729. The number of imide groups is 1. The van der Waals surface area contributed by atoms with Crippen molar-refractivity contribution in [2.75, 3.05) is 25.0 Å². The van der Waals surface area contributed by atoms with Gasteiger partial charge in [-0.1, -0.05) is 26.0 Å². The summed E-state index contributed by atoms with van der Waals surface area (Å²) in [7, 11) is -3.63. The van der Waals surface area contributed by atoms with Crippen molar-refractivity contribution in [3.05, 3.63) is 59.9 Å². The van der Waals surface area contributed by atoms with Crippen molar-refractivity contribution in [3.8, 4) is 0 Å². The van der Waals surface area contributed by atoms with E-state index in [9.17, 15) is 27.2 Å². The molecule has 9 nitrogen and oxygen atoms in total. The summed E-state index contributed by atoms with van der Waals surface area (Å²) in [6.45, 7) is 5.09. The molecule has 4 amide bonds. The molecule has 2 N–H and O–H groups in total. The number of amides is 4. The van der Waals surface area contributed by atoms with E-state index in [4.69, 9.17) is 0 Å². The van der Waals surface area contributed by atoms with E-state index < -0.39 is 45.8 Å². The third-order valence-electron chi connectivity index (χ3n) is 5.48. The molecule has 2 aromatic carbocycles. The molecule has 1 aliphatic rings. The smallest absolute Gasteiger partial charge is 0.325 e. The predicted octanol–water partition coefficient (Wildman–Crippen LogP) is 2.26. The van der Waals surface area contributed by atoms with E-state index in [1.165, 1.54) is 59.8 Å². The highest BCUT2D eigenvalue weighted by Gasteiger charge is 2.49. The average Bonchev–Trinajstić information content (AvgIpc) is 2.99. The lowest BCUT2D eigenvalue weighted by Gasteiger charge is -2.22. The summed E-state index contributed by atoms with van der Waals surface area (Å²) in [4.78, 5) is 38.6. The van der Waals surface area contributed by atoms with Gasteiger partial charge in [-0.25, -0.2) is 17.6 Å². The molecule has 1 fully saturated rings. The van der Waals surface area contributed by atoms with Gasteiger partial charge >= 0.3 is 6.03 Å². The largest absolute Gasteiger partial charge is 0.325 e. The molecular formula is C22H25FN4O5S. The van der Waals surface area contributed by atoms with Crippen molar-refractivity contribution >= 4 is 33.6 Å². The molecule has 0 aromatic heterocycles. The number of hydrogen-bond acceptors (Lipinski definition) is 5. The molecule has 0 spiro atoms. The fraction of sp³-hybridized carbons (Fsp3) is 0.318. The Bertz CT molecular complexity index is 1160. The number of carbonyl (C=O) groups is 3. The molecule has 176 valence electrons. The van der Waals surface area contributed by atoms with E-state index in [-0.39, 0.29) is 4.90 Å². The number of urea groups is 1. The fourth-order valence-electron chi connectivity index (χ4n) is 3.59. The molecule has 1 saturated heterocycles. The summed E-state index contributed by atoms with van der Waals surface area (Å²) in [5, 5.41) is 5.09. The molecule has 0 radical (unpaired) electrons. The summed E-state index contributed by atoms with van der Waals surface area (Å²) < 4.78 is 39.7. The minimum Gasteiger partial charge on any atom is -0.325 e. The van der Waals surface area contributed by atoms with Crippen LogP contribution in [0.3, 0.4) is 0 Å². The van der Waals surface area contributed by atoms with Crippen LogP contribution in [-0.4, -0.2) is 55.1 Å². The minimum absolute atomic E-state index is 0.0911. The quantitative estimate of drug-likeness (QED) is 0.567. The van der Waals surface area contributed by atoms with Gasteiger partial charge in [-0.2, -0.15) is 4.31 Å². The Morgan fingerprint density at radius 2 is 1.64 bits per heavy atom. The molecule has 0 unspecified atom stereocenters. The van der Waals surface area contributed by atoms with Gasteiger partial charge in [0.15, 0.2) is 0 Å². The van der Waals surface area contributed by atoms with Crippen LogP contribution in [0.15, 0.2) is 53.4 Å². The van der Waals surface area contributed by atoms with Crippen molar-refractivity contribution in [1.29, 1.82) is 0 Å². The van der Waals surface area contributed by atoms with Gasteiger partial charge in [0.25, 0.3) is 5.91 Å². The molecule has 0 aliphatic carbocycles. The van der Waals surface area contributed by atoms with E-state index in [1.54, 1.807) is 13.8 Å². The van der Waals surface area contributed by atoms with Crippen LogP contribution in [0.1, 0.15) is 26.3 Å². The van der Waals surface area contributed by atoms with Gasteiger partial charge in [-0.3, -0.25) is 14.5 Å². The molecule has 1 aliphatic heterocycles. The Hall–Kier alpha value is -3.31. The van der Waals surface area contributed by atoms with E-state index in [0.717, 1.165) is 4.90 Å². The van der Waals surface area contributed by atoms with E-state index in [0.29, 0.717) is 24.3 Å². The predicted molar refractivity (Wildman–Crippen MR) is 119 cm³/mol. The highest BCUT2D eigenvalue weighted by Crippen LogP contribution is 2.29. The number of hydrogen-bond donors (Lipinski definition) is 2. The first kappa shape index (κ1) is 24.3. The number of sulfonamides is 1. The van der Waals surface area contributed by atoms with Crippen molar-refractivity contribution in [2.24, 2.45) is 0 Å². The standard InChI is InChI=1S/C22H25FN4O5S/c1-4-26(5-2)33(31,32)18-12-10-17(11-13-18)24-19(28)14-27-20(29)22(3,25-21(27)30)15-6-8-16(23)9-7-15/h6-13H,4-5,14H2,1-3H3,(H,24,28)(H,25,30)/t22-/m0/s1. The Balaban J connectivity index is 1.69. The van der Waals surface area contributed by atoms with E-state index in [2.05, 4.69) is 10.6 Å². The second kappa shape index (κ2) is 9.28. The normalized spacial score (nSPS) is 18.5. The first-order valence-electron chi connectivity index (χ1n) is 10.3. The summed E-state index contributed by atoms with van der Waals surface area (Å²) in [6, 6.07) is 10.0. The summed E-state index contributed by atoms with van der Waals surface area (Å²) in [6.07, 6.45) is 0. The number of nitrogens with zero attached hydrogens (tertiary/aromatic N) is 2. The highest BCUT2D eigenvalue weighted by atomic mass is 32.2. The Labute approximate surface area is 191 Å². The number of benzene rings is 2. The molecule has 3 rings (SSSR count). The van der Waals surface area contributed by atoms with E-state index in [1.807, 2.05) is 0 Å². The number of anilines is 1. The monoisotopic (exact) mass is 476 g/mol. The van der Waals surface area contributed by atoms with Crippen LogP contribution in [0, 0.1) is 5.82 Å². The molecule has 0 bridgehead atoms. The van der Waals surface area contributed by atoms with Crippen molar-refractivity contribution in [3.63, 3.8) is 0 Å². The molecular weight excluding hydrogens is 451 g/mol. The first-order chi connectivity index (χ1) is 15.5. The second-order valence-corrected chi connectivity index (χ2v) is 9.55. The lowest BCUT2D eigenvalue weighted by atomic mass is 9.92. The first-order valence-corrected chi connectivity index (χ1v) is 11.8. The molecule has 1 atom stereocenters. The zero-order chi connectivity index (χ0) is 24.4. The van der Waals surface area contributed by atoms with Gasteiger partial charge in [-0.15, -0.1) is 0 Å². The Morgan fingerprint density at radius 3 is 2.18 bits per heavy atom. The van der Waals surface area contributed by atoms with Crippen molar-refractivity contribution in [2.45, 2.75) is 31.2 Å². The molecule has 0 saturated carbocycles. The maximum Gasteiger partial charge on any atom is 0.325 e. The maximum absolute atomic E-state index is 13.2. The van der Waals surface area contributed by atoms with Gasteiger partial charge in [0.1, 0.15) is 17.9 Å². The van der Waals surface area contributed by atoms with Crippen molar-refractivity contribution < 1.29 is 27.2 Å². The third-order valence-corrected chi connectivity index (χ3v) is 7.54. The van der Waals surface area contributed by atoms with Gasteiger partial charge in [0.05, 0.1) is 4.90 Å². The number of rotatable bonds is 8. The fourth-order valence-corrected chi connectivity index (χ4v) is 5.04. The van der Waals surface area contributed by atoms with E-state index >= 15 is 0 Å². The third kappa shape index (κ3) is 4.74. The SMILES string of the molecule is CCN(CC)S(=O)(=O)c1ccc(NC(=O)CN2C(=O)N[C@@](C)(c3ccc(F)cc3)C2=O)cc1. The Kier molecular flexibility index (Phi) is 6.84. The molecule has 33 heavy (non-hydrogen) atoms. The van der Waals surface area contributed by atoms with Gasteiger partial charge in [0.2, 0.25) is 15.9 Å². The van der Waals surface area contributed by atoms with Crippen LogP contribution >= 0.6 is 0 Å². The molecule has 11 heteroatoms. The summed E-state index contributed by atoms with van der Waals surface area (Å²) >= 11 is 0. The molecule has 2 aromatic rings.